The molecule has 25 heavy (non-hydrogen) atoms. The van der Waals surface area contributed by atoms with Gasteiger partial charge in [0.05, 0.1) is 10.3 Å². The summed E-state index contributed by atoms with van der Waals surface area (Å²) in [6.45, 7) is 2.84. The van der Waals surface area contributed by atoms with E-state index in [0.717, 1.165) is 58.9 Å². The van der Waals surface area contributed by atoms with Crippen molar-refractivity contribution in [3.8, 4) is 0 Å². The maximum Gasteiger partial charge on any atom is 0.259 e. The zero-order chi connectivity index (χ0) is 17.4. The van der Waals surface area contributed by atoms with Crippen molar-refractivity contribution in [1.29, 1.82) is 0 Å². The number of aromatic nitrogens is 3. The molecule has 1 saturated carbocycles. The number of nitrogens with two attached hydrogens (primary N) is 1. The second kappa shape index (κ2) is 6.68. The molecule has 3 heterocycles. The van der Waals surface area contributed by atoms with E-state index >= 15 is 0 Å². The smallest absolute Gasteiger partial charge is 0.259 e. The monoisotopic (exact) mass is 358 g/mol. The molecule has 4 N–H and O–H groups in total. The van der Waals surface area contributed by atoms with Gasteiger partial charge in [-0.2, -0.15) is 0 Å². The number of rotatable bonds is 3. The lowest BCUT2D eigenvalue weighted by atomic mass is 10.2. The van der Waals surface area contributed by atoms with Crippen molar-refractivity contribution in [1.82, 2.24) is 20.3 Å². The Morgan fingerprint density at radius 2 is 2.32 bits per heavy atom. The Hall–Kier alpha value is -2.06. The summed E-state index contributed by atoms with van der Waals surface area (Å²) in [5.41, 5.74) is 7.86. The van der Waals surface area contributed by atoms with Gasteiger partial charge in [0.1, 0.15) is 17.8 Å². The number of amides is 1. The number of nitrogens with zero attached hydrogens (tertiary/aromatic N) is 3. The van der Waals surface area contributed by atoms with Crippen LogP contribution in [0.5, 0.6) is 0 Å². The van der Waals surface area contributed by atoms with Crippen LogP contribution in [0.2, 0.25) is 0 Å². The van der Waals surface area contributed by atoms with Gasteiger partial charge in [-0.3, -0.25) is 4.79 Å². The summed E-state index contributed by atoms with van der Waals surface area (Å²) in [6, 6.07) is 0.401. The van der Waals surface area contributed by atoms with Gasteiger partial charge in [-0.1, -0.05) is 0 Å². The molecule has 0 bridgehead atoms. The Bertz CT molecular complexity index is 832. The molecule has 8 heteroatoms. The number of carbonyl (C=O) groups is 1. The third-order valence-corrected chi connectivity index (χ3v) is 5.80. The molecule has 7 nitrogen and oxygen atoms in total. The van der Waals surface area contributed by atoms with Gasteiger partial charge in [0.25, 0.3) is 5.91 Å². The standard InChI is InChI=1S/C17H22N6OS/c1-10-7-19-15-14(10)16(21-9-20-15)23-4-5-25-13(8-23)17(24)22-12-3-2-11(18)6-12/h7-9,11-12H,2-6,18H2,1H3,(H,22,24)(H,19,20,21)/t11-,12+/m1/s1. The quantitative estimate of drug-likeness (QED) is 0.772. The summed E-state index contributed by atoms with van der Waals surface area (Å²) >= 11 is 1.59. The van der Waals surface area contributed by atoms with Crippen LogP contribution in [0.4, 0.5) is 5.82 Å². The normalized spacial score (nSPS) is 23.8. The predicted molar refractivity (Wildman–Crippen MR) is 100 cm³/mol. The first kappa shape index (κ1) is 16.4. The van der Waals surface area contributed by atoms with Gasteiger partial charge in [0.2, 0.25) is 0 Å². The number of aryl methyl sites for hydroxylation is 1. The SMILES string of the molecule is Cc1c[nH]c2ncnc(N3C=C(C(=O)N[C@H]4CC[C@@H](N)C4)SCC3)c12. The van der Waals surface area contributed by atoms with Crippen LogP contribution in [-0.4, -0.2) is 45.2 Å². The number of anilines is 1. The molecule has 0 aromatic carbocycles. The van der Waals surface area contributed by atoms with Crippen LogP contribution in [0.15, 0.2) is 23.6 Å². The number of nitrogens with one attached hydrogen (secondary N) is 2. The minimum absolute atomic E-state index is 0.00936. The molecular formula is C17H22N6OS. The number of thioether (sulfide) groups is 1. The molecule has 4 rings (SSSR count). The predicted octanol–water partition coefficient (Wildman–Crippen LogP) is 1.66. The number of aromatic amines is 1. The van der Waals surface area contributed by atoms with E-state index in [1.165, 1.54) is 0 Å². The molecule has 0 radical (unpaired) electrons. The zero-order valence-electron chi connectivity index (χ0n) is 14.2. The highest BCUT2D eigenvalue weighted by Gasteiger charge is 2.26. The van der Waals surface area contributed by atoms with Gasteiger partial charge in [0.15, 0.2) is 0 Å². The fourth-order valence-corrected chi connectivity index (χ4v) is 4.41. The second-order valence-electron chi connectivity index (χ2n) is 6.67. The molecule has 2 atom stereocenters. The van der Waals surface area contributed by atoms with Crippen LogP contribution < -0.4 is 16.0 Å². The number of fused-ring (bicyclic) bond motifs is 1. The van der Waals surface area contributed by atoms with Crippen molar-refractivity contribution in [3.63, 3.8) is 0 Å². The van der Waals surface area contributed by atoms with Gasteiger partial charge in [-0.25, -0.2) is 9.97 Å². The van der Waals surface area contributed by atoms with E-state index < -0.39 is 0 Å². The molecule has 2 aliphatic rings. The molecular weight excluding hydrogens is 336 g/mol. The highest BCUT2D eigenvalue weighted by atomic mass is 32.2. The Kier molecular flexibility index (Phi) is 4.39. The third-order valence-electron chi connectivity index (χ3n) is 4.81. The highest BCUT2D eigenvalue weighted by Crippen LogP contribution is 2.31. The number of hydrogen-bond acceptors (Lipinski definition) is 6. The first-order valence-corrected chi connectivity index (χ1v) is 9.57. The van der Waals surface area contributed by atoms with Gasteiger partial charge >= 0.3 is 0 Å². The molecule has 2 aromatic rings. The average molecular weight is 358 g/mol. The number of hydrogen-bond donors (Lipinski definition) is 3. The van der Waals surface area contributed by atoms with Crippen molar-refractivity contribution in [2.75, 3.05) is 17.2 Å². The van der Waals surface area contributed by atoms with E-state index in [0.29, 0.717) is 0 Å². The summed E-state index contributed by atoms with van der Waals surface area (Å²) in [4.78, 5) is 27.3. The summed E-state index contributed by atoms with van der Waals surface area (Å²) in [5, 5.41) is 4.13. The van der Waals surface area contributed by atoms with E-state index in [-0.39, 0.29) is 18.0 Å². The molecule has 132 valence electrons. The lowest BCUT2D eigenvalue weighted by Crippen LogP contribution is -2.36. The number of carbonyl (C=O) groups excluding carboxylic acids is 1. The minimum Gasteiger partial charge on any atom is -0.349 e. The Labute approximate surface area is 150 Å². The Morgan fingerprint density at radius 1 is 1.44 bits per heavy atom. The van der Waals surface area contributed by atoms with E-state index in [4.69, 9.17) is 5.73 Å². The maximum absolute atomic E-state index is 12.6. The van der Waals surface area contributed by atoms with Gasteiger partial charge < -0.3 is 20.9 Å². The van der Waals surface area contributed by atoms with Crippen molar-refractivity contribution in [2.45, 2.75) is 38.3 Å². The van der Waals surface area contributed by atoms with Crippen LogP contribution in [-0.2, 0) is 4.79 Å². The topological polar surface area (TPSA) is 99.9 Å². The third kappa shape index (κ3) is 3.23. The summed E-state index contributed by atoms with van der Waals surface area (Å²) in [7, 11) is 0. The molecule has 0 spiro atoms. The molecule has 0 unspecified atom stereocenters. The van der Waals surface area contributed by atoms with E-state index in [1.807, 2.05) is 19.3 Å². The molecule has 1 aliphatic carbocycles. The van der Waals surface area contributed by atoms with Crippen LogP contribution in [0.3, 0.4) is 0 Å². The minimum atomic E-state index is -0.00936. The van der Waals surface area contributed by atoms with Crippen LogP contribution in [0, 0.1) is 6.92 Å². The highest BCUT2D eigenvalue weighted by molar-refractivity contribution is 8.04. The van der Waals surface area contributed by atoms with Crippen LogP contribution >= 0.6 is 11.8 Å². The maximum atomic E-state index is 12.6. The van der Waals surface area contributed by atoms with Crippen molar-refractivity contribution in [2.24, 2.45) is 5.73 Å². The van der Waals surface area contributed by atoms with Crippen molar-refractivity contribution >= 4 is 34.5 Å². The fourth-order valence-electron chi connectivity index (χ4n) is 3.51. The van der Waals surface area contributed by atoms with Gasteiger partial charge in [-0.05, 0) is 31.7 Å². The lowest BCUT2D eigenvalue weighted by molar-refractivity contribution is -0.117. The Balaban J connectivity index is 1.57. The molecule has 2 aromatic heterocycles. The van der Waals surface area contributed by atoms with Gasteiger partial charge in [0, 0.05) is 36.8 Å². The molecule has 1 aliphatic heterocycles. The lowest BCUT2D eigenvalue weighted by Gasteiger charge is -2.26. The van der Waals surface area contributed by atoms with Crippen molar-refractivity contribution < 1.29 is 4.79 Å². The van der Waals surface area contributed by atoms with E-state index in [9.17, 15) is 4.79 Å². The van der Waals surface area contributed by atoms with Crippen LogP contribution in [0.1, 0.15) is 24.8 Å². The molecule has 1 fully saturated rings. The second-order valence-corrected chi connectivity index (χ2v) is 7.81. The van der Waals surface area contributed by atoms with E-state index in [2.05, 4.69) is 25.2 Å². The summed E-state index contributed by atoms with van der Waals surface area (Å²) < 4.78 is 0. The first-order valence-electron chi connectivity index (χ1n) is 8.58. The molecule has 1 amide bonds. The molecule has 0 saturated heterocycles. The first-order chi connectivity index (χ1) is 12.1. The fraction of sp³-hybridized carbons (Fsp3) is 0.471. The summed E-state index contributed by atoms with van der Waals surface area (Å²) in [6.07, 6.45) is 8.21. The van der Waals surface area contributed by atoms with E-state index in [1.54, 1.807) is 18.1 Å². The Morgan fingerprint density at radius 3 is 3.12 bits per heavy atom. The van der Waals surface area contributed by atoms with Crippen LogP contribution in [0.25, 0.3) is 11.0 Å². The van der Waals surface area contributed by atoms with Crippen molar-refractivity contribution in [3.05, 3.63) is 29.2 Å². The zero-order valence-corrected chi connectivity index (χ0v) is 15.0. The van der Waals surface area contributed by atoms with Gasteiger partial charge in [-0.15, -0.1) is 11.8 Å². The largest absolute Gasteiger partial charge is 0.349 e. The summed E-state index contributed by atoms with van der Waals surface area (Å²) in [5.74, 6) is 1.68. The number of H-pyrrole nitrogens is 1. The average Bonchev–Trinajstić information content (AvgIpc) is 3.21.